The fraction of sp³-hybridized carbons (Fsp3) is 0.429. The molecule has 1 aliphatic rings. The van der Waals surface area contributed by atoms with Gasteiger partial charge in [0.2, 0.25) is 11.9 Å². The third-order valence-electron chi connectivity index (χ3n) is 5.04. The van der Waals surface area contributed by atoms with E-state index in [9.17, 15) is 9.59 Å². The number of aromatic nitrogens is 2. The van der Waals surface area contributed by atoms with Crippen molar-refractivity contribution >= 4 is 17.8 Å². The van der Waals surface area contributed by atoms with E-state index < -0.39 is 6.04 Å². The van der Waals surface area contributed by atoms with E-state index in [4.69, 9.17) is 0 Å². The molecule has 7 nitrogen and oxygen atoms in total. The predicted octanol–water partition coefficient (Wildman–Crippen LogP) is 1.89. The molecule has 1 aliphatic heterocycles. The van der Waals surface area contributed by atoms with Crippen LogP contribution in [-0.2, 0) is 4.79 Å². The van der Waals surface area contributed by atoms with Gasteiger partial charge in [-0.2, -0.15) is 0 Å². The molecule has 0 aliphatic carbocycles. The molecule has 0 radical (unpaired) electrons. The number of hydrogen-bond acceptors (Lipinski definition) is 5. The molecule has 0 bridgehead atoms. The van der Waals surface area contributed by atoms with Crippen LogP contribution in [0, 0.1) is 12.8 Å². The second-order valence-electron chi connectivity index (χ2n) is 7.37. The Morgan fingerprint density at radius 1 is 1.00 bits per heavy atom. The maximum Gasteiger partial charge on any atom is 0.252 e. The first-order chi connectivity index (χ1) is 13.5. The van der Waals surface area contributed by atoms with Crippen molar-refractivity contribution in [1.82, 2.24) is 20.2 Å². The summed E-state index contributed by atoms with van der Waals surface area (Å²) >= 11 is 0. The standard InChI is InChI=1S/C21H27N5O2/c1-15(2)18(24-19(27)17-8-5-4-7-16(17)3)20(28)25-11-13-26(14-12-25)21-22-9-6-10-23-21/h4-10,15,18H,11-14H2,1-3H3,(H,24,27)/t18-/m1/s1. The summed E-state index contributed by atoms with van der Waals surface area (Å²) in [6, 6.07) is 8.64. The Hall–Kier alpha value is -2.96. The summed E-state index contributed by atoms with van der Waals surface area (Å²) in [5.74, 6) is 0.436. The van der Waals surface area contributed by atoms with Crippen LogP contribution in [-0.4, -0.2) is 58.9 Å². The molecule has 2 aromatic rings. The lowest BCUT2D eigenvalue weighted by Gasteiger charge is -2.37. The molecule has 28 heavy (non-hydrogen) atoms. The third-order valence-corrected chi connectivity index (χ3v) is 5.04. The summed E-state index contributed by atoms with van der Waals surface area (Å²) in [6.45, 7) is 8.31. The number of carbonyl (C=O) groups excluding carboxylic acids is 2. The quantitative estimate of drug-likeness (QED) is 0.856. The van der Waals surface area contributed by atoms with Crippen LogP contribution in [0.4, 0.5) is 5.95 Å². The average molecular weight is 381 g/mol. The summed E-state index contributed by atoms with van der Waals surface area (Å²) in [4.78, 5) is 38.2. The van der Waals surface area contributed by atoms with Gasteiger partial charge in [0, 0.05) is 44.1 Å². The Morgan fingerprint density at radius 2 is 1.64 bits per heavy atom. The van der Waals surface area contributed by atoms with Gasteiger partial charge in [0.05, 0.1) is 0 Å². The zero-order valence-electron chi connectivity index (χ0n) is 16.6. The van der Waals surface area contributed by atoms with Crippen molar-refractivity contribution in [2.75, 3.05) is 31.1 Å². The first kappa shape index (κ1) is 19.8. The lowest BCUT2D eigenvalue weighted by atomic mass is 10.0. The Morgan fingerprint density at radius 3 is 2.25 bits per heavy atom. The van der Waals surface area contributed by atoms with E-state index in [0.717, 1.165) is 5.56 Å². The number of aryl methyl sites for hydroxylation is 1. The first-order valence-corrected chi connectivity index (χ1v) is 9.64. The largest absolute Gasteiger partial charge is 0.340 e. The molecule has 148 valence electrons. The maximum atomic E-state index is 13.1. The second-order valence-corrected chi connectivity index (χ2v) is 7.37. The molecule has 3 rings (SSSR count). The van der Waals surface area contributed by atoms with Gasteiger partial charge >= 0.3 is 0 Å². The second kappa shape index (κ2) is 8.82. The molecule has 1 aromatic heterocycles. The number of rotatable bonds is 5. The summed E-state index contributed by atoms with van der Waals surface area (Å²) in [7, 11) is 0. The van der Waals surface area contributed by atoms with Crippen molar-refractivity contribution in [3.8, 4) is 0 Å². The van der Waals surface area contributed by atoms with E-state index in [0.29, 0.717) is 37.7 Å². The fourth-order valence-electron chi connectivity index (χ4n) is 3.34. The highest BCUT2D eigenvalue weighted by molar-refractivity contribution is 5.98. The van der Waals surface area contributed by atoms with Gasteiger partial charge < -0.3 is 15.1 Å². The van der Waals surface area contributed by atoms with Gasteiger partial charge in [-0.25, -0.2) is 9.97 Å². The Balaban J connectivity index is 1.64. The number of benzene rings is 1. The predicted molar refractivity (Wildman–Crippen MR) is 108 cm³/mol. The van der Waals surface area contributed by atoms with E-state index in [2.05, 4.69) is 20.2 Å². The molecule has 1 N–H and O–H groups in total. The molecule has 2 heterocycles. The van der Waals surface area contributed by atoms with E-state index in [1.165, 1.54) is 0 Å². The van der Waals surface area contributed by atoms with Gasteiger partial charge in [-0.15, -0.1) is 0 Å². The van der Waals surface area contributed by atoms with E-state index in [-0.39, 0.29) is 17.7 Å². The minimum absolute atomic E-state index is 0.00375. The molecule has 0 saturated carbocycles. The number of nitrogens with zero attached hydrogens (tertiary/aromatic N) is 4. The molecular formula is C21H27N5O2. The number of nitrogens with one attached hydrogen (secondary N) is 1. The SMILES string of the molecule is Cc1ccccc1C(=O)N[C@@H](C(=O)N1CCN(c2ncccn2)CC1)C(C)C. The molecular weight excluding hydrogens is 354 g/mol. The molecule has 0 unspecified atom stereocenters. The van der Waals surface area contributed by atoms with Crippen LogP contribution in [0.25, 0.3) is 0 Å². The normalized spacial score (nSPS) is 15.4. The Bertz CT molecular complexity index is 817. The molecule has 1 aromatic carbocycles. The zero-order valence-corrected chi connectivity index (χ0v) is 16.6. The molecule has 1 saturated heterocycles. The van der Waals surface area contributed by atoms with Gasteiger partial charge in [0.1, 0.15) is 6.04 Å². The van der Waals surface area contributed by atoms with E-state index in [1.807, 2.05) is 43.9 Å². The van der Waals surface area contributed by atoms with E-state index in [1.54, 1.807) is 24.5 Å². The van der Waals surface area contributed by atoms with Gasteiger partial charge in [0.25, 0.3) is 5.91 Å². The molecule has 2 amide bonds. The van der Waals surface area contributed by atoms with Crippen LogP contribution in [0.1, 0.15) is 29.8 Å². The number of amides is 2. The molecule has 0 spiro atoms. The van der Waals surface area contributed by atoms with Gasteiger partial charge in [-0.05, 0) is 30.5 Å². The smallest absolute Gasteiger partial charge is 0.252 e. The van der Waals surface area contributed by atoms with Crippen molar-refractivity contribution in [2.45, 2.75) is 26.8 Å². The third kappa shape index (κ3) is 4.47. The number of piperazine rings is 1. The minimum atomic E-state index is -0.549. The topological polar surface area (TPSA) is 78.4 Å². The van der Waals surface area contributed by atoms with Crippen LogP contribution in [0.15, 0.2) is 42.7 Å². The Kier molecular flexibility index (Phi) is 6.23. The van der Waals surface area contributed by atoms with Crippen LogP contribution in [0.3, 0.4) is 0 Å². The lowest BCUT2D eigenvalue weighted by molar-refractivity contribution is -0.134. The van der Waals surface area contributed by atoms with Crippen molar-refractivity contribution in [1.29, 1.82) is 0 Å². The Labute approximate surface area is 165 Å². The van der Waals surface area contributed by atoms with Crippen LogP contribution < -0.4 is 10.2 Å². The van der Waals surface area contributed by atoms with Crippen molar-refractivity contribution in [3.63, 3.8) is 0 Å². The van der Waals surface area contributed by atoms with Gasteiger partial charge in [-0.1, -0.05) is 32.0 Å². The summed E-state index contributed by atoms with van der Waals surface area (Å²) in [5, 5.41) is 2.95. The monoisotopic (exact) mass is 381 g/mol. The van der Waals surface area contributed by atoms with Gasteiger partial charge in [-0.3, -0.25) is 9.59 Å². The fourth-order valence-corrected chi connectivity index (χ4v) is 3.34. The molecule has 7 heteroatoms. The van der Waals surface area contributed by atoms with Gasteiger partial charge in [0.15, 0.2) is 0 Å². The molecule has 1 fully saturated rings. The maximum absolute atomic E-state index is 13.1. The highest BCUT2D eigenvalue weighted by Crippen LogP contribution is 2.14. The first-order valence-electron chi connectivity index (χ1n) is 9.64. The zero-order chi connectivity index (χ0) is 20.1. The number of hydrogen-bond donors (Lipinski definition) is 1. The highest BCUT2D eigenvalue weighted by atomic mass is 16.2. The summed E-state index contributed by atoms with van der Waals surface area (Å²) in [5.41, 5.74) is 1.50. The molecule has 1 atom stereocenters. The van der Waals surface area contributed by atoms with Crippen molar-refractivity contribution in [3.05, 3.63) is 53.9 Å². The van der Waals surface area contributed by atoms with Crippen molar-refractivity contribution in [2.24, 2.45) is 5.92 Å². The van der Waals surface area contributed by atoms with Crippen molar-refractivity contribution < 1.29 is 9.59 Å². The van der Waals surface area contributed by atoms with Crippen LogP contribution >= 0.6 is 0 Å². The van der Waals surface area contributed by atoms with Crippen LogP contribution in [0.2, 0.25) is 0 Å². The number of carbonyl (C=O) groups is 2. The highest BCUT2D eigenvalue weighted by Gasteiger charge is 2.31. The summed E-state index contributed by atoms with van der Waals surface area (Å²) < 4.78 is 0. The number of anilines is 1. The van der Waals surface area contributed by atoms with Crippen LogP contribution in [0.5, 0.6) is 0 Å². The minimum Gasteiger partial charge on any atom is -0.340 e. The van der Waals surface area contributed by atoms with E-state index >= 15 is 0 Å². The summed E-state index contributed by atoms with van der Waals surface area (Å²) in [6.07, 6.45) is 3.44. The lowest BCUT2D eigenvalue weighted by Crippen LogP contribution is -2.56. The average Bonchev–Trinajstić information content (AvgIpc) is 2.72.